The largest absolute Gasteiger partial charge is 0.311 e. The van der Waals surface area contributed by atoms with Gasteiger partial charge in [0.25, 0.3) is 0 Å². The fourth-order valence-corrected chi connectivity index (χ4v) is 3.28. The first kappa shape index (κ1) is 14.5. The molecule has 1 aliphatic heterocycles. The van der Waals surface area contributed by atoms with Crippen molar-refractivity contribution in [1.82, 2.24) is 19.6 Å². The van der Waals surface area contributed by atoms with Crippen LogP contribution in [0.3, 0.4) is 0 Å². The first-order valence-corrected chi connectivity index (χ1v) is 8.07. The Bertz CT molecular complexity index is 556. The van der Waals surface area contributed by atoms with Crippen molar-refractivity contribution >= 4 is 5.65 Å². The summed E-state index contributed by atoms with van der Waals surface area (Å²) >= 11 is 0. The SMILES string of the molecule is CCC1CN(Cc2cn3ccccc3n2)C(C(C)C)CN1. The van der Waals surface area contributed by atoms with Gasteiger partial charge >= 0.3 is 0 Å². The van der Waals surface area contributed by atoms with Crippen LogP contribution in [0.4, 0.5) is 0 Å². The summed E-state index contributed by atoms with van der Waals surface area (Å²) in [5.41, 5.74) is 2.21. The lowest BCUT2D eigenvalue weighted by Crippen LogP contribution is -2.57. The predicted molar refractivity (Wildman–Crippen MR) is 86.3 cm³/mol. The molecule has 114 valence electrons. The van der Waals surface area contributed by atoms with Crippen LogP contribution in [0.5, 0.6) is 0 Å². The smallest absolute Gasteiger partial charge is 0.137 e. The first-order chi connectivity index (χ1) is 10.2. The Balaban J connectivity index is 1.79. The van der Waals surface area contributed by atoms with Crippen LogP contribution in [0.25, 0.3) is 5.65 Å². The van der Waals surface area contributed by atoms with Crippen LogP contribution in [0.1, 0.15) is 32.9 Å². The molecule has 0 spiro atoms. The number of aromatic nitrogens is 2. The maximum absolute atomic E-state index is 4.75. The minimum atomic E-state index is 0.595. The van der Waals surface area contributed by atoms with Crippen LogP contribution in [0.15, 0.2) is 30.6 Å². The van der Waals surface area contributed by atoms with E-state index in [0.29, 0.717) is 18.0 Å². The highest BCUT2D eigenvalue weighted by Crippen LogP contribution is 2.19. The van der Waals surface area contributed by atoms with Crippen LogP contribution in [0, 0.1) is 5.92 Å². The molecule has 2 aromatic heterocycles. The number of imidazole rings is 1. The van der Waals surface area contributed by atoms with Gasteiger partial charge < -0.3 is 9.72 Å². The van der Waals surface area contributed by atoms with Gasteiger partial charge in [0.15, 0.2) is 0 Å². The fourth-order valence-electron chi connectivity index (χ4n) is 3.28. The maximum Gasteiger partial charge on any atom is 0.137 e. The standard InChI is InChI=1S/C17H26N4/c1-4-14-10-21(16(9-18-14)13(2)3)12-15-11-20-8-6-5-7-17(20)19-15/h5-8,11,13-14,16,18H,4,9-10,12H2,1-3H3. The molecule has 0 bridgehead atoms. The number of rotatable bonds is 4. The van der Waals surface area contributed by atoms with Crippen molar-refractivity contribution in [2.75, 3.05) is 13.1 Å². The average molecular weight is 286 g/mol. The van der Waals surface area contributed by atoms with Crippen molar-refractivity contribution in [3.63, 3.8) is 0 Å². The van der Waals surface area contributed by atoms with Crippen molar-refractivity contribution in [1.29, 1.82) is 0 Å². The van der Waals surface area contributed by atoms with Crippen molar-refractivity contribution in [3.05, 3.63) is 36.3 Å². The van der Waals surface area contributed by atoms with Crippen molar-refractivity contribution in [2.24, 2.45) is 5.92 Å². The molecule has 3 heterocycles. The second-order valence-corrected chi connectivity index (χ2v) is 6.45. The molecule has 3 rings (SSSR count). The molecule has 0 aliphatic carbocycles. The lowest BCUT2D eigenvalue weighted by atomic mass is 9.97. The van der Waals surface area contributed by atoms with Gasteiger partial charge in [-0.3, -0.25) is 4.90 Å². The highest BCUT2D eigenvalue weighted by atomic mass is 15.2. The zero-order valence-electron chi connectivity index (χ0n) is 13.3. The fraction of sp³-hybridized carbons (Fsp3) is 0.588. The van der Waals surface area contributed by atoms with E-state index in [1.165, 1.54) is 12.1 Å². The molecular formula is C17H26N4. The van der Waals surface area contributed by atoms with E-state index in [1.54, 1.807) is 0 Å². The van der Waals surface area contributed by atoms with Gasteiger partial charge in [-0.05, 0) is 24.5 Å². The number of hydrogen-bond donors (Lipinski definition) is 1. The molecule has 2 atom stereocenters. The second kappa shape index (κ2) is 6.16. The molecule has 4 heteroatoms. The van der Waals surface area contributed by atoms with Gasteiger partial charge in [-0.15, -0.1) is 0 Å². The minimum absolute atomic E-state index is 0.595. The number of hydrogen-bond acceptors (Lipinski definition) is 3. The Morgan fingerprint density at radius 1 is 1.38 bits per heavy atom. The van der Waals surface area contributed by atoms with Crippen LogP contribution in [-0.4, -0.2) is 39.5 Å². The van der Waals surface area contributed by atoms with E-state index in [9.17, 15) is 0 Å². The Hall–Kier alpha value is -1.39. The Morgan fingerprint density at radius 2 is 2.24 bits per heavy atom. The zero-order valence-corrected chi connectivity index (χ0v) is 13.3. The Kier molecular flexibility index (Phi) is 4.27. The van der Waals surface area contributed by atoms with Gasteiger partial charge in [0.1, 0.15) is 5.65 Å². The average Bonchev–Trinajstić information content (AvgIpc) is 2.89. The molecule has 21 heavy (non-hydrogen) atoms. The van der Waals surface area contributed by atoms with Gasteiger partial charge in [0.2, 0.25) is 0 Å². The summed E-state index contributed by atoms with van der Waals surface area (Å²) in [5, 5.41) is 3.68. The van der Waals surface area contributed by atoms with E-state index in [4.69, 9.17) is 4.98 Å². The molecule has 1 saturated heterocycles. The maximum atomic E-state index is 4.75. The molecule has 0 aromatic carbocycles. The second-order valence-electron chi connectivity index (χ2n) is 6.45. The van der Waals surface area contributed by atoms with E-state index < -0.39 is 0 Å². The van der Waals surface area contributed by atoms with E-state index in [0.717, 1.165) is 25.3 Å². The molecule has 0 radical (unpaired) electrons. The monoisotopic (exact) mass is 286 g/mol. The lowest BCUT2D eigenvalue weighted by Gasteiger charge is -2.42. The Labute approximate surface area is 127 Å². The zero-order chi connectivity index (χ0) is 14.8. The summed E-state index contributed by atoms with van der Waals surface area (Å²) < 4.78 is 2.11. The van der Waals surface area contributed by atoms with E-state index in [-0.39, 0.29) is 0 Å². The van der Waals surface area contributed by atoms with E-state index >= 15 is 0 Å². The summed E-state index contributed by atoms with van der Waals surface area (Å²) in [7, 11) is 0. The molecule has 0 amide bonds. The van der Waals surface area contributed by atoms with Gasteiger partial charge in [-0.1, -0.05) is 26.8 Å². The van der Waals surface area contributed by atoms with Crippen LogP contribution in [0.2, 0.25) is 0 Å². The predicted octanol–water partition coefficient (Wildman–Crippen LogP) is 2.54. The highest BCUT2D eigenvalue weighted by Gasteiger charge is 2.29. The molecule has 2 aromatic rings. The number of nitrogens with one attached hydrogen (secondary N) is 1. The summed E-state index contributed by atoms with van der Waals surface area (Å²) in [5.74, 6) is 0.660. The van der Waals surface area contributed by atoms with Crippen LogP contribution in [-0.2, 0) is 6.54 Å². The molecule has 1 fully saturated rings. The number of pyridine rings is 1. The number of piperazine rings is 1. The molecule has 4 nitrogen and oxygen atoms in total. The molecule has 2 unspecified atom stereocenters. The third kappa shape index (κ3) is 3.11. The Morgan fingerprint density at radius 3 is 2.95 bits per heavy atom. The quantitative estimate of drug-likeness (QED) is 0.937. The molecular weight excluding hydrogens is 260 g/mol. The van der Waals surface area contributed by atoms with Gasteiger partial charge in [0, 0.05) is 44.1 Å². The number of nitrogens with zero attached hydrogens (tertiary/aromatic N) is 3. The van der Waals surface area contributed by atoms with Crippen molar-refractivity contribution < 1.29 is 0 Å². The lowest BCUT2D eigenvalue weighted by molar-refractivity contribution is 0.0889. The normalized spacial score (nSPS) is 24.0. The highest BCUT2D eigenvalue weighted by molar-refractivity contribution is 5.39. The topological polar surface area (TPSA) is 32.6 Å². The molecule has 1 aliphatic rings. The summed E-state index contributed by atoms with van der Waals surface area (Å²) in [6.07, 6.45) is 5.42. The van der Waals surface area contributed by atoms with Gasteiger partial charge in [-0.2, -0.15) is 0 Å². The third-order valence-electron chi connectivity index (χ3n) is 4.58. The van der Waals surface area contributed by atoms with Crippen LogP contribution >= 0.6 is 0 Å². The molecule has 1 N–H and O–H groups in total. The first-order valence-electron chi connectivity index (χ1n) is 8.07. The van der Waals surface area contributed by atoms with Gasteiger partial charge in [-0.25, -0.2) is 4.98 Å². The summed E-state index contributed by atoms with van der Waals surface area (Å²) in [4.78, 5) is 7.36. The van der Waals surface area contributed by atoms with Gasteiger partial charge in [0.05, 0.1) is 5.69 Å². The van der Waals surface area contributed by atoms with Crippen molar-refractivity contribution in [2.45, 2.75) is 45.8 Å². The van der Waals surface area contributed by atoms with Crippen LogP contribution < -0.4 is 5.32 Å². The third-order valence-corrected chi connectivity index (χ3v) is 4.58. The van der Waals surface area contributed by atoms with E-state index in [2.05, 4.69) is 53.8 Å². The minimum Gasteiger partial charge on any atom is -0.311 e. The summed E-state index contributed by atoms with van der Waals surface area (Å²) in [6.45, 7) is 10.0. The number of fused-ring (bicyclic) bond motifs is 1. The molecule has 0 saturated carbocycles. The summed E-state index contributed by atoms with van der Waals surface area (Å²) in [6, 6.07) is 7.36. The van der Waals surface area contributed by atoms with E-state index in [1.807, 2.05) is 12.1 Å². The van der Waals surface area contributed by atoms with Crippen molar-refractivity contribution in [3.8, 4) is 0 Å².